The quantitative estimate of drug-likeness (QED) is 0.645. The van der Waals surface area contributed by atoms with E-state index >= 15 is 0 Å². The van der Waals surface area contributed by atoms with Gasteiger partial charge in [-0.1, -0.05) is 45.2 Å². The van der Waals surface area contributed by atoms with Gasteiger partial charge in [0.1, 0.15) is 10.7 Å². The maximum Gasteiger partial charge on any atom is 0.256 e. The molecule has 2 aromatic rings. The number of rotatable bonds is 3. The first-order chi connectivity index (χ1) is 12.7. The molecule has 0 radical (unpaired) electrons. The Kier molecular flexibility index (Phi) is 6.12. The standard InChI is InChI=1S/C17H14BrCl2FN2O3S/c18-11-4-5-14(21)12(10-11)17(24)22-6-8-23(9-7-22)27(25,26)15-3-1-2-13(19)16(15)20/h1-5,10H,6-9H2. The zero-order valence-corrected chi connectivity index (χ0v) is 17.7. The van der Waals surface area contributed by atoms with Gasteiger partial charge in [-0.25, -0.2) is 12.8 Å². The van der Waals surface area contributed by atoms with E-state index in [1.807, 2.05) is 0 Å². The number of carbonyl (C=O) groups excluding carboxylic acids is 1. The molecular formula is C17H14BrCl2FN2O3S. The van der Waals surface area contributed by atoms with E-state index in [0.29, 0.717) is 4.47 Å². The van der Waals surface area contributed by atoms with E-state index in [4.69, 9.17) is 23.2 Å². The SMILES string of the molecule is O=C(c1cc(Br)ccc1F)N1CCN(S(=O)(=O)c2cccc(Cl)c2Cl)CC1. The van der Waals surface area contributed by atoms with Crippen LogP contribution in [0.5, 0.6) is 0 Å². The summed E-state index contributed by atoms with van der Waals surface area (Å²) in [5.41, 5.74) is -0.0569. The Hall–Kier alpha value is -1.19. The van der Waals surface area contributed by atoms with E-state index in [1.165, 1.54) is 45.6 Å². The maximum absolute atomic E-state index is 13.9. The largest absolute Gasteiger partial charge is 0.336 e. The number of carbonyl (C=O) groups is 1. The first kappa shape index (κ1) is 20.5. The monoisotopic (exact) mass is 494 g/mol. The van der Waals surface area contributed by atoms with E-state index in [9.17, 15) is 17.6 Å². The van der Waals surface area contributed by atoms with E-state index in [-0.39, 0.29) is 46.7 Å². The predicted molar refractivity (Wildman–Crippen MR) is 105 cm³/mol. The zero-order valence-electron chi connectivity index (χ0n) is 13.8. The van der Waals surface area contributed by atoms with Crippen LogP contribution in [0.15, 0.2) is 45.8 Å². The Morgan fingerprint density at radius 3 is 2.41 bits per heavy atom. The van der Waals surface area contributed by atoms with Gasteiger partial charge in [0, 0.05) is 30.7 Å². The first-order valence-corrected chi connectivity index (χ1v) is 10.9. The fraction of sp³-hybridized carbons (Fsp3) is 0.235. The normalized spacial score (nSPS) is 15.8. The second kappa shape index (κ2) is 8.05. The third kappa shape index (κ3) is 4.14. The molecule has 5 nitrogen and oxygen atoms in total. The van der Waals surface area contributed by atoms with Crippen LogP contribution in [0.25, 0.3) is 0 Å². The molecule has 0 saturated carbocycles. The molecule has 1 aliphatic rings. The van der Waals surface area contributed by atoms with Crippen LogP contribution in [0.3, 0.4) is 0 Å². The van der Waals surface area contributed by atoms with Crippen LogP contribution in [0, 0.1) is 5.82 Å². The van der Waals surface area contributed by atoms with Gasteiger partial charge in [0.2, 0.25) is 10.0 Å². The molecular weight excluding hydrogens is 482 g/mol. The van der Waals surface area contributed by atoms with Gasteiger partial charge >= 0.3 is 0 Å². The summed E-state index contributed by atoms with van der Waals surface area (Å²) in [7, 11) is -3.85. The number of amides is 1. The number of sulfonamides is 1. The Morgan fingerprint density at radius 2 is 1.74 bits per heavy atom. The molecule has 0 unspecified atom stereocenters. The summed E-state index contributed by atoms with van der Waals surface area (Å²) in [5.74, 6) is -1.10. The lowest BCUT2D eigenvalue weighted by Crippen LogP contribution is -2.50. The van der Waals surface area contributed by atoms with Gasteiger partial charge in [0.15, 0.2) is 0 Å². The molecule has 1 saturated heterocycles. The van der Waals surface area contributed by atoms with Crippen molar-refractivity contribution in [1.29, 1.82) is 0 Å². The summed E-state index contributed by atoms with van der Waals surface area (Å²) in [6.07, 6.45) is 0. The fourth-order valence-electron chi connectivity index (χ4n) is 2.79. The van der Waals surface area contributed by atoms with Crippen LogP contribution in [0.4, 0.5) is 4.39 Å². The lowest BCUT2D eigenvalue weighted by molar-refractivity contribution is 0.0693. The third-order valence-electron chi connectivity index (χ3n) is 4.22. The molecule has 10 heteroatoms. The van der Waals surface area contributed by atoms with Gasteiger partial charge in [-0.15, -0.1) is 0 Å². The molecule has 27 heavy (non-hydrogen) atoms. The number of piperazine rings is 1. The molecule has 3 rings (SSSR count). The molecule has 0 aliphatic carbocycles. The van der Waals surface area contributed by atoms with Crippen molar-refractivity contribution < 1.29 is 17.6 Å². The minimum absolute atomic E-state index is 0.0334. The number of benzene rings is 2. The molecule has 0 spiro atoms. The van der Waals surface area contributed by atoms with Gasteiger partial charge in [0.05, 0.1) is 15.6 Å². The lowest BCUT2D eigenvalue weighted by Gasteiger charge is -2.34. The molecule has 1 fully saturated rings. The highest BCUT2D eigenvalue weighted by molar-refractivity contribution is 9.10. The van der Waals surface area contributed by atoms with Gasteiger partial charge in [-0.3, -0.25) is 4.79 Å². The van der Waals surface area contributed by atoms with Gasteiger partial charge in [-0.2, -0.15) is 4.31 Å². The summed E-state index contributed by atoms with van der Waals surface area (Å²) in [4.78, 5) is 13.9. The minimum Gasteiger partial charge on any atom is -0.336 e. The molecule has 1 aliphatic heterocycles. The van der Waals surface area contributed by atoms with E-state index in [0.717, 1.165) is 0 Å². The van der Waals surface area contributed by atoms with Crippen molar-refractivity contribution in [3.05, 3.63) is 62.3 Å². The Labute approximate surface area is 174 Å². The summed E-state index contributed by atoms with van der Waals surface area (Å²) in [5, 5.41) is 0.116. The average Bonchev–Trinajstić information content (AvgIpc) is 2.65. The van der Waals surface area contributed by atoms with Crippen molar-refractivity contribution in [2.45, 2.75) is 4.90 Å². The zero-order chi connectivity index (χ0) is 19.8. The summed E-state index contributed by atoms with van der Waals surface area (Å²) in [6.45, 7) is 0.434. The highest BCUT2D eigenvalue weighted by Crippen LogP contribution is 2.31. The number of hydrogen-bond acceptors (Lipinski definition) is 3. The first-order valence-electron chi connectivity index (χ1n) is 7.90. The Balaban J connectivity index is 1.76. The van der Waals surface area contributed by atoms with Crippen LogP contribution in [0.2, 0.25) is 10.0 Å². The molecule has 0 bridgehead atoms. The van der Waals surface area contributed by atoms with Crippen LogP contribution in [-0.4, -0.2) is 49.7 Å². The third-order valence-corrected chi connectivity index (χ3v) is 7.58. The van der Waals surface area contributed by atoms with Gasteiger partial charge < -0.3 is 4.90 Å². The fourth-order valence-corrected chi connectivity index (χ4v) is 5.30. The Bertz CT molecular complexity index is 996. The van der Waals surface area contributed by atoms with Crippen LogP contribution in [-0.2, 0) is 10.0 Å². The van der Waals surface area contributed by atoms with Gasteiger partial charge in [-0.05, 0) is 30.3 Å². The summed E-state index contributed by atoms with van der Waals surface area (Å²) >= 11 is 15.2. The summed E-state index contributed by atoms with van der Waals surface area (Å²) in [6, 6.07) is 8.53. The molecule has 0 N–H and O–H groups in total. The lowest BCUT2D eigenvalue weighted by atomic mass is 10.1. The highest BCUT2D eigenvalue weighted by atomic mass is 79.9. The van der Waals surface area contributed by atoms with Gasteiger partial charge in [0.25, 0.3) is 5.91 Å². The van der Waals surface area contributed by atoms with Crippen LogP contribution >= 0.6 is 39.1 Å². The maximum atomic E-state index is 13.9. The molecule has 1 amide bonds. The Morgan fingerprint density at radius 1 is 1.07 bits per heavy atom. The second-order valence-electron chi connectivity index (χ2n) is 5.87. The van der Waals surface area contributed by atoms with Crippen molar-refractivity contribution in [3.8, 4) is 0 Å². The van der Waals surface area contributed by atoms with Crippen molar-refractivity contribution in [1.82, 2.24) is 9.21 Å². The molecule has 1 heterocycles. The molecule has 0 atom stereocenters. The second-order valence-corrected chi connectivity index (χ2v) is 9.48. The van der Waals surface area contributed by atoms with Crippen molar-refractivity contribution in [2.75, 3.05) is 26.2 Å². The number of nitrogens with zero attached hydrogens (tertiary/aromatic N) is 2. The topological polar surface area (TPSA) is 57.7 Å². The highest BCUT2D eigenvalue weighted by Gasteiger charge is 2.32. The van der Waals surface area contributed by atoms with E-state index in [1.54, 1.807) is 0 Å². The molecule has 144 valence electrons. The summed E-state index contributed by atoms with van der Waals surface area (Å²) < 4.78 is 41.4. The van der Waals surface area contributed by atoms with E-state index in [2.05, 4.69) is 15.9 Å². The average molecular weight is 496 g/mol. The van der Waals surface area contributed by atoms with Crippen molar-refractivity contribution in [2.24, 2.45) is 0 Å². The smallest absolute Gasteiger partial charge is 0.256 e. The number of hydrogen-bond donors (Lipinski definition) is 0. The number of halogens is 4. The van der Waals surface area contributed by atoms with Crippen molar-refractivity contribution >= 4 is 55.1 Å². The molecule has 0 aromatic heterocycles. The van der Waals surface area contributed by atoms with Crippen LogP contribution < -0.4 is 0 Å². The van der Waals surface area contributed by atoms with E-state index < -0.39 is 21.7 Å². The molecule has 2 aromatic carbocycles. The van der Waals surface area contributed by atoms with Crippen LogP contribution in [0.1, 0.15) is 10.4 Å². The predicted octanol–water partition coefficient (Wildman–Crippen LogP) is 4.04. The van der Waals surface area contributed by atoms with Crippen molar-refractivity contribution in [3.63, 3.8) is 0 Å². The minimum atomic E-state index is -3.85.